The first-order valence-electron chi connectivity index (χ1n) is 5.97. The average molecular weight is 243 g/mol. The van der Waals surface area contributed by atoms with Gasteiger partial charge in [0.05, 0.1) is 6.10 Å². The standard InChI is InChI=1S/C15H17NO2/c1-11-7-13(9-16-8-11)10-18-15-6-4-3-5-14(15)12(2)17/h3-9,12,17H,10H2,1-2H3. The van der Waals surface area contributed by atoms with E-state index in [1.165, 1.54) is 0 Å². The molecule has 0 aliphatic heterocycles. The van der Waals surface area contributed by atoms with E-state index in [4.69, 9.17) is 4.74 Å². The van der Waals surface area contributed by atoms with Crippen LogP contribution >= 0.6 is 0 Å². The molecular formula is C15H17NO2. The van der Waals surface area contributed by atoms with Crippen LogP contribution in [0.25, 0.3) is 0 Å². The van der Waals surface area contributed by atoms with E-state index < -0.39 is 6.10 Å². The van der Waals surface area contributed by atoms with Crippen LogP contribution in [-0.2, 0) is 6.61 Å². The van der Waals surface area contributed by atoms with Crippen LogP contribution in [0.4, 0.5) is 0 Å². The Morgan fingerprint density at radius 2 is 2.06 bits per heavy atom. The van der Waals surface area contributed by atoms with E-state index in [-0.39, 0.29) is 0 Å². The zero-order valence-electron chi connectivity index (χ0n) is 10.6. The summed E-state index contributed by atoms with van der Waals surface area (Å²) in [4.78, 5) is 4.12. The monoisotopic (exact) mass is 243 g/mol. The third kappa shape index (κ3) is 3.08. The lowest BCUT2D eigenvalue weighted by Gasteiger charge is -2.13. The van der Waals surface area contributed by atoms with Crippen LogP contribution in [0.2, 0.25) is 0 Å². The maximum absolute atomic E-state index is 9.65. The molecule has 3 heteroatoms. The molecule has 2 rings (SSSR count). The number of aliphatic hydroxyl groups is 1. The fourth-order valence-corrected chi connectivity index (χ4v) is 1.81. The van der Waals surface area contributed by atoms with E-state index in [0.717, 1.165) is 16.7 Å². The summed E-state index contributed by atoms with van der Waals surface area (Å²) in [5.74, 6) is 0.717. The smallest absolute Gasteiger partial charge is 0.125 e. The first kappa shape index (κ1) is 12.6. The van der Waals surface area contributed by atoms with Crippen LogP contribution in [-0.4, -0.2) is 10.1 Å². The van der Waals surface area contributed by atoms with E-state index in [9.17, 15) is 5.11 Å². The fraction of sp³-hybridized carbons (Fsp3) is 0.267. The van der Waals surface area contributed by atoms with Crippen LogP contribution in [0.3, 0.4) is 0 Å². The van der Waals surface area contributed by atoms with Crippen LogP contribution < -0.4 is 4.74 Å². The zero-order valence-corrected chi connectivity index (χ0v) is 10.6. The predicted molar refractivity (Wildman–Crippen MR) is 70.4 cm³/mol. The van der Waals surface area contributed by atoms with Gasteiger partial charge in [-0.2, -0.15) is 0 Å². The Kier molecular flexibility index (Phi) is 3.95. The van der Waals surface area contributed by atoms with E-state index in [0.29, 0.717) is 12.4 Å². The number of aliphatic hydroxyl groups excluding tert-OH is 1. The van der Waals surface area contributed by atoms with Gasteiger partial charge in [0.25, 0.3) is 0 Å². The molecule has 2 aromatic rings. The first-order valence-corrected chi connectivity index (χ1v) is 5.97. The van der Waals surface area contributed by atoms with Gasteiger partial charge in [0, 0.05) is 23.5 Å². The van der Waals surface area contributed by atoms with Crippen LogP contribution in [0.5, 0.6) is 5.75 Å². The summed E-state index contributed by atoms with van der Waals surface area (Å²) in [7, 11) is 0. The highest BCUT2D eigenvalue weighted by Crippen LogP contribution is 2.25. The summed E-state index contributed by atoms with van der Waals surface area (Å²) in [5.41, 5.74) is 2.94. The minimum Gasteiger partial charge on any atom is -0.488 e. The molecule has 0 bridgehead atoms. The molecule has 0 fully saturated rings. The number of para-hydroxylation sites is 1. The highest BCUT2D eigenvalue weighted by Gasteiger charge is 2.08. The summed E-state index contributed by atoms with van der Waals surface area (Å²) in [6, 6.07) is 9.57. The van der Waals surface area contributed by atoms with Crippen molar-refractivity contribution in [3.63, 3.8) is 0 Å². The Hall–Kier alpha value is -1.87. The number of benzene rings is 1. The number of aryl methyl sites for hydroxylation is 1. The Bertz CT molecular complexity index is 523. The topological polar surface area (TPSA) is 42.4 Å². The van der Waals surface area contributed by atoms with E-state index in [1.54, 1.807) is 13.1 Å². The van der Waals surface area contributed by atoms with Gasteiger partial charge in [-0.05, 0) is 31.5 Å². The number of nitrogens with zero attached hydrogens (tertiary/aromatic N) is 1. The maximum atomic E-state index is 9.65. The second-order valence-electron chi connectivity index (χ2n) is 4.37. The average Bonchev–Trinajstić information content (AvgIpc) is 2.37. The Morgan fingerprint density at radius 3 is 2.78 bits per heavy atom. The van der Waals surface area contributed by atoms with Crippen molar-refractivity contribution < 1.29 is 9.84 Å². The number of hydrogen-bond donors (Lipinski definition) is 1. The van der Waals surface area contributed by atoms with Gasteiger partial charge in [0.2, 0.25) is 0 Å². The quantitative estimate of drug-likeness (QED) is 0.897. The second-order valence-corrected chi connectivity index (χ2v) is 4.37. The molecule has 1 aromatic heterocycles. The summed E-state index contributed by atoms with van der Waals surface area (Å²) >= 11 is 0. The fourth-order valence-electron chi connectivity index (χ4n) is 1.81. The number of ether oxygens (including phenoxy) is 1. The van der Waals surface area contributed by atoms with Gasteiger partial charge in [-0.15, -0.1) is 0 Å². The minimum absolute atomic E-state index is 0.457. The zero-order chi connectivity index (χ0) is 13.0. The number of pyridine rings is 1. The normalized spacial score (nSPS) is 12.2. The molecule has 0 aliphatic carbocycles. The maximum Gasteiger partial charge on any atom is 0.125 e. The van der Waals surface area contributed by atoms with Crippen molar-refractivity contribution in [2.75, 3.05) is 0 Å². The van der Waals surface area contributed by atoms with Crippen molar-refractivity contribution in [2.24, 2.45) is 0 Å². The molecule has 0 saturated heterocycles. The Balaban J connectivity index is 2.11. The van der Waals surface area contributed by atoms with E-state index in [1.807, 2.05) is 43.5 Å². The molecule has 1 aromatic carbocycles. The van der Waals surface area contributed by atoms with Crippen molar-refractivity contribution in [1.29, 1.82) is 0 Å². The summed E-state index contributed by atoms with van der Waals surface area (Å²) in [6.45, 7) is 4.19. The molecule has 0 spiro atoms. The van der Waals surface area contributed by atoms with Gasteiger partial charge >= 0.3 is 0 Å². The number of hydrogen-bond acceptors (Lipinski definition) is 3. The van der Waals surface area contributed by atoms with Crippen LogP contribution in [0.1, 0.15) is 29.7 Å². The van der Waals surface area contributed by atoms with Gasteiger partial charge in [-0.3, -0.25) is 4.98 Å². The van der Waals surface area contributed by atoms with E-state index in [2.05, 4.69) is 4.98 Å². The minimum atomic E-state index is -0.531. The number of rotatable bonds is 4. The number of aromatic nitrogens is 1. The molecule has 1 heterocycles. The van der Waals surface area contributed by atoms with Crippen LogP contribution in [0, 0.1) is 6.92 Å². The summed E-state index contributed by atoms with van der Waals surface area (Å²) in [5, 5.41) is 9.65. The molecule has 0 saturated carbocycles. The van der Waals surface area contributed by atoms with Crippen molar-refractivity contribution in [1.82, 2.24) is 4.98 Å². The lowest BCUT2D eigenvalue weighted by atomic mass is 10.1. The lowest BCUT2D eigenvalue weighted by molar-refractivity contribution is 0.190. The molecule has 0 amide bonds. The molecule has 1 atom stereocenters. The third-order valence-electron chi connectivity index (χ3n) is 2.70. The molecule has 0 radical (unpaired) electrons. The van der Waals surface area contributed by atoms with Crippen molar-refractivity contribution in [3.05, 3.63) is 59.4 Å². The van der Waals surface area contributed by atoms with Gasteiger partial charge in [0.15, 0.2) is 0 Å². The highest BCUT2D eigenvalue weighted by atomic mass is 16.5. The predicted octanol–water partition coefficient (Wildman–Crippen LogP) is 3.02. The SMILES string of the molecule is Cc1cncc(COc2ccccc2C(C)O)c1. The summed E-state index contributed by atoms with van der Waals surface area (Å²) < 4.78 is 5.74. The molecular weight excluding hydrogens is 226 g/mol. The van der Waals surface area contributed by atoms with Crippen molar-refractivity contribution in [2.45, 2.75) is 26.6 Å². The molecule has 1 N–H and O–H groups in total. The Morgan fingerprint density at radius 1 is 1.28 bits per heavy atom. The van der Waals surface area contributed by atoms with E-state index >= 15 is 0 Å². The van der Waals surface area contributed by atoms with Gasteiger partial charge in [-0.1, -0.05) is 18.2 Å². The Labute approximate surface area is 107 Å². The molecule has 18 heavy (non-hydrogen) atoms. The molecule has 3 nitrogen and oxygen atoms in total. The molecule has 1 unspecified atom stereocenters. The second kappa shape index (κ2) is 5.65. The first-order chi connectivity index (χ1) is 8.66. The van der Waals surface area contributed by atoms with Crippen molar-refractivity contribution in [3.8, 4) is 5.75 Å². The van der Waals surface area contributed by atoms with Gasteiger partial charge in [0.1, 0.15) is 12.4 Å². The summed E-state index contributed by atoms with van der Waals surface area (Å²) in [6.07, 6.45) is 3.07. The van der Waals surface area contributed by atoms with Gasteiger partial charge < -0.3 is 9.84 Å². The molecule has 0 aliphatic rings. The highest BCUT2D eigenvalue weighted by molar-refractivity contribution is 5.35. The van der Waals surface area contributed by atoms with Crippen molar-refractivity contribution >= 4 is 0 Å². The van der Waals surface area contributed by atoms with Crippen LogP contribution in [0.15, 0.2) is 42.7 Å². The molecule has 94 valence electrons. The largest absolute Gasteiger partial charge is 0.488 e. The van der Waals surface area contributed by atoms with Gasteiger partial charge in [-0.25, -0.2) is 0 Å². The lowest BCUT2D eigenvalue weighted by Crippen LogP contribution is -2.01. The third-order valence-corrected chi connectivity index (χ3v) is 2.70.